The minimum atomic E-state index is -3.46. The Hall–Kier alpha value is -1.70. The van der Waals surface area contributed by atoms with Crippen LogP contribution in [0.3, 0.4) is 0 Å². The molecular weight excluding hydrogens is 297 g/mol. The van der Waals surface area contributed by atoms with Gasteiger partial charge < -0.3 is 0 Å². The smallest absolute Gasteiger partial charge is 0.259 e. The van der Waals surface area contributed by atoms with E-state index in [1.165, 1.54) is 0 Å². The van der Waals surface area contributed by atoms with Crippen molar-refractivity contribution in [1.29, 1.82) is 0 Å². The molecule has 0 bridgehead atoms. The lowest BCUT2D eigenvalue weighted by Crippen LogP contribution is -2.48. The summed E-state index contributed by atoms with van der Waals surface area (Å²) in [5.41, 5.74) is -2.94. The molecule has 1 aromatic rings. The minimum Gasteiger partial charge on any atom is -0.286 e. The van der Waals surface area contributed by atoms with E-state index in [1.807, 2.05) is 0 Å². The normalized spacial score (nSPS) is 12.4. The zero-order valence-corrected chi connectivity index (χ0v) is 11.6. The summed E-state index contributed by atoms with van der Waals surface area (Å²) in [6, 6.07) is 0.846. The van der Waals surface area contributed by atoms with Gasteiger partial charge in [0, 0.05) is 18.6 Å². The average Bonchev–Trinajstić information content (AvgIpc) is 2.32. The molecule has 0 aromatic heterocycles. The van der Waals surface area contributed by atoms with E-state index < -0.39 is 46.8 Å². The zero-order valence-electron chi connectivity index (χ0n) is 11.6. The Morgan fingerprint density at radius 2 is 1.71 bits per heavy atom. The summed E-state index contributed by atoms with van der Waals surface area (Å²) in [6.07, 6.45) is 0. The van der Waals surface area contributed by atoms with Crippen molar-refractivity contribution in [3.05, 3.63) is 35.1 Å². The highest BCUT2D eigenvalue weighted by Gasteiger charge is 2.50. The van der Waals surface area contributed by atoms with E-state index >= 15 is 0 Å². The summed E-state index contributed by atoms with van der Waals surface area (Å²) in [5.74, 6) is -8.96. The number of nitrogens with zero attached hydrogens (tertiary/aromatic N) is 1. The molecule has 0 radical (unpaired) electrons. The highest BCUT2D eigenvalue weighted by Crippen LogP contribution is 2.37. The molecule has 0 unspecified atom stereocenters. The predicted molar refractivity (Wildman–Crippen MR) is 63.1 cm³/mol. The van der Waals surface area contributed by atoms with Crippen LogP contribution in [-0.4, -0.2) is 22.1 Å². The molecule has 0 heterocycles. The summed E-state index contributed by atoms with van der Waals surface area (Å²) in [4.78, 5) is 11.8. The standard InChI is InChI=1S/C13H14F5NO2/c1-12(2,13(3,17)18)11(20)19(21)6-7-4-8(14)5-9(15)10(7)16/h4-5,21H,6H2,1-3H3. The van der Waals surface area contributed by atoms with Gasteiger partial charge in [0.05, 0.1) is 6.54 Å². The molecule has 0 atom stereocenters. The minimum absolute atomic E-state index is 0.186. The van der Waals surface area contributed by atoms with Crippen molar-refractivity contribution in [2.24, 2.45) is 5.41 Å². The SMILES string of the molecule is CC(F)(F)C(C)(C)C(=O)N(O)Cc1cc(F)cc(F)c1F. The summed E-state index contributed by atoms with van der Waals surface area (Å²) < 4.78 is 66.0. The summed E-state index contributed by atoms with van der Waals surface area (Å²) in [7, 11) is 0. The second-order valence-electron chi connectivity index (χ2n) is 5.24. The lowest BCUT2D eigenvalue weighted by Gasteiger charge is -2.32. The molecule has 1 N–H and O–H groups in total. The van der Waals surface area contributed by atoms with Crippen molar-refractivity contribution in [3.8, 4) is 0 Å². The summed E-state index contributed by atoms with van der Waals surface area (Å²) in [6.45, 7) is 1.31. The van der Waals surface area contributed by atoms with E-state index in [1.54, 1.807) is 0 Å². The number of amides is 1. The molecule has 0 aliphatic heterocycles. The number of carbonyl (C=O) groups excluding carboxylic acids is 1. The number of rotatable bonds is 4. The molecule has 0 saturated heterocycles. The van der Waals surface area contributed by atoms with Gasteiger partial charge in [-0.3, -0.25) is 10.0 Å². The van der Waals surface area contributed by atoms with Crippen molar-refractivity contribution in [2.75, 3.05) is 0 Å². The fourth-order valence-corrected chi connectivity index (χ4v) is 1.47. The van der Waals surface area contributed by atoms with E-state index in [4.69, 9.17) is 0 Å². The Kier molecular flexibility index (Phi) is 4.62. The molecule has 118 valence electrons. The number of halogens is 5. The van der Waals surface area contributed by atoms with Crippen molar-refractivity contribution in [3.63, 3.8) is 0 Å². The van der Waals surface area contributed by atoms with E-state index in [0.717, 1.165) is 13.8 Å². The van der Waals surface area contributed by atoms with Crippen LogP contribution in [0.2, 0.25) is 0 Å². The Labute approximate surface area is 117 Å². The van der Waals surface area contributed by atoms with Crippen LogP contribution in [0.1, 0.15) is 26.3 Å². The van der Waals surface area contributed by atoms with Gasteiger partial charge in [-0.1, -0.05) is 0 Å². The molecule has 8 heteroatoms. The molecule has 0 fully saturated rings. The monoisotopic (exact) mass is 311 g/mol. The molecule has 0 saturated carbocycles. The second kappa shape index (κ2) is 5.59. The van der Waals surface area contributed by atoms with Crippen LogP contribution in [0.5, 0.6) is 0 Å². The topological polar surface area (TPSA) is 40.5 Å². The second-order valence-corrected chi connectivity index (χ2v) is 5.24. The number of hydrogen-bond donors (Lipinski definition) is 1. The van der Waals surface area contributed by atoms with E-state index in [2.05, 4.69) is 0 Å². The first-order chi connectivity index (χ1) is 9.37. The van der Waals surface area contributed by atoms with Crippen molar-refractivity contribution >= 4 is 5.91 Å². The number of carbonyl (C=O) groups is 1. The average molecular weight is 311 g/mol. The number of alkyl halides is 2. The first kappa shape index (κ1) is 17.4. The van der Waals surface area contributed by atoms with Gasteiger partial charge in [0.25, 0.3) is 11.8 Å². The molecule has 1 amide bonds. The zero-order chi connectivity index (χ0) is 16.6. The third-order valence-corrected chi connectivity index (χ3v) is 3.26. The van der Waals surface area contributed by atoms with Gasteiger partial charge in [0.2, 0.25) is 0 Å². The predicted octanol–water partition coefficient (Wildman–Crippen LogP) is 3.50. The molecule has 3 nitrogen and oxygen atoms in total. The summed E-state index contributed by atoms with van der Waals surface area (Å²) >= 11 is 0. The quantitative estimate of drug-likeness (QED) is 0.400. The van der Waals surface area contributed by atoms with E-state index in [-0.39, 0.29) is 11.1 Å². The molecule has 1 rings (SSSR count). The number of hydroxylamine groups is 2. The van der Waals surface area contributed by atoms with Crippen molar-refractivity contribution in [1.82, 2.24) is 5.06 Å². The van der Waals surface area contributed by atoms with Crippen LogP contribution in [0.25, 0.3) is 0 Å². The Balaban J connectivity index is 3.02. The Bertz CT molecular complexity index is 554. The molecule has 21 heavy (non-hydrogen) atoms. The number of benzene rings is 1. The maximum atomic E-state index is 13.4. The molecule has 0 aliphatic rings. The maximum Gasteiger partial charge on any atom is 0.259 e. The molecule has 0 spiro atoms. The first-order valence-corrected chi connectivity index (χ1v) is 5.90. The lowest BCUT2D eigenvalue weighted by molar-refractivity contribution is -0.196. The highest BCUT2D eigenvalue weighted by molar-refractivity contribution is 5.82. The summed E-state index contributed by atoms with van der Waals surface area (Å²) in [5, 5.41) is 9.33. The van der Waals surface area contributed by atoms with Gasteiger partial charge in [0.15, 0.2) is 11.6 Å². The van der Waals surface area contributed by atoms with Crippen LogP contribution in [0.4, 0.5) is 22.0 Å². The van der Waals surface area contributed by atoms with Gasteiger partial charge in [-0.2, -0.15) is 0 Å². The van der Waals surface area contributed by atoms with Crippen molar-refractivity contribution < 1.29 is 32.0 Å². The van der Waals surface area contributed by atoms with Crippen LogP contribution in [0.15, 0.2) is 12.1 Å². The van der Waals surface area contributed by atoms with Crippen LogP contribution >= 0.6 is 0 Å². The third-order valence-electron chi connectivity index (χ3n) is 3.26. The van der Waals surface area contributed by atoms with E-state index in [9.17, 15) is 32.0 Å². The van der Waals surface area contributed by atoms with Gasteiger partial charge in [0.1, 0.15) is 11.2 Å². The fraction of sp³-hybridized carbons (Fsp3) is 0.462. The Morgan fingerprint density at radius 1 is 1.19 bits per heavy atom. The molecule has 0 aliphatic carbocycles. The lowest BCUT2D eigenvalue weighted by atomic mass is 9.85. The maximum absolute atomic E-state index is 13.4. The van der Waals surface area contributed by atoms with Crippen LogP contribution in [0, 0.1) is 22.9 Å². The molecular formula is C13H14F5NO2. The van der Waals surface area contributed by atoms with Gasteiger partial charge in [-0.05, 0) is 19.9 Å². The van der Waals surface area contributed by atoms with Crippen LogP contribution < -0.4 is 0 Å². The highest BCUT2D eigenvalue weighted by atomic mass is 19.3. The Morgan fingerprint density at radius 3 is 2.19 bits per heavy atom. The van der Waals surface area contributed by atoms with Crippen molar-refractivity contribution in [2.45, 2.75) is 33.2 Å². The fourth-order valence-electron chi connectivity index (χ4n) is 1.47. The molecule has 1 aromatic carbocycles. The van der Waals surface area contributed by atoms with Crippen LogP contribution in [-0.2, 0) is 11.3 Å². The van der Waals surface area contributed by atoms with Gasteiger partial charge in [-0.25, -0.2) is 27.0 Å². The van der Waals surface area contributed by atoms with Gasteiger partial charge in [-0.15, -0.1) is 0 Å². The number of hydrogen-bond acceptors (Lipinski definition) is 2. The van der Waals surface area contributed by atoms with E-state index in [0.29, 0.717) is 13.0 Å². The third kappa shape index (κ3) is 3.49. The van der Waals surface area contributed by atoms with Gasteiger partial charge >= 0.3 is 0 Å². The first-order valence-electron chi connectivity index (χ1n) is 5.90. The largest absolute Gasteiger partial charge is 0.286 e.